The van der Waals surface area contributed by atoms with Crippen LogP contribution >= 0.6 is 0 Å². The van der Waals surface area contributed by atoms with Crippen LogP contribution < -0.4 is 0 Å². The van der Waals surface area contributed by atoms with E-state index in [-0.39, 0.29) is 5.41 Å². The Bertz CT molecular complexity index is 928. The van der Waals surface area contributed by atoms with Gasteiger partial charge >= 0.3 is 0 Å². The molecule has 0 amide bonds. The van der Waals surface area contributed by atoms with Gasteiger partial charge in [-0.25, -0.2) is 0 Å². The van der Waals surface area contributed by atoms with Crippen LogP contribution in [0.4, 0.5) is 0 Å². The van der Waals surface area contributed by atoms with Crippen molar-refractivity contribution in [3.63, 3.8) is 0 Å². The molecule has 25 heavy (non-hydrogen) atoms. The average molecular weight is 326 g/mol. The van der Waals surface area contributed by atoms with E-state index in [4.69, 9.17) is 0 Å². The summed E-state index contributed by atoms with van der Waals surface area (Å²) >= 11 is 0. The van der Waals surface area contributed by atoms with Crippen LogP contribution in [0, 0.1) is 13.8 Å². The maximum absolute atomic E-state index is 2.35. The van der Waals surface area contributed by atoms with E-state index >= 15 is 0 Å². The fourth-order valence-electron chi connectivity index (χ4n) is 4.89. The lowest BCUT2D eigenvalue weighted by Crippen LogP contribution is -2.25. The van der Waals surface area contributed by atoms with Crippen molar-refractivity contribution in [2.24, 2.45) is 0 Å². The third-order valence-corrected chi connectivity index (χ3v) is 6.34. The van der Waals surface area contributed by atoms with Crippen LogP contribution in [-0.4, -0.2) is 0 Å². The summed E-state index contributed by atoms with van der Waals surface area (Å²) in [6, 6.07) is 22.4. The number of aryl methyl sites for hydroxylation is 1. The molecule has 0 saturated heterocycles. The van der Waals surface area contributed by atoms with E-state index in [0.717, 1.165) is 12.8 Å². The fourth-order valence-corrected chi connectivity index (χ4v) is 4.89. The second-order valence-electron chi connectivity index (χ2n) is 7.31. The number of hydrogen-bond acceptors (Lipinski definition) is 0. The van der Waals surface area contributed by atoms with Crippen molar-refractivity contribution in [1.82, 2.24) is 0 Å². The number of hydrogen-bond donors (Lipinski definition) is 0. The van der Waals surface area contributed by atoms with E-state index < -0.39 is 0 Å². The molecule has 0 saturated carbocycles. The molecule has 3 aromatic carbocycles. The van der Waals surface area contributed by atoms with Crippen LogP contribution in [0.1, 0.15) is 48.9 Å². The minimum absolute atomic E-state index is 0.118. The third-order valence-electron chi connectivity index (χ3n) is 6.34. The predicted molar refractivity (Wildman–Crippen MR) is 108 cm³/mol. The van der Waals surface area contributed by atoms with Crippen molar-refractivity contribution in [2.45, 2.75) is 46.0 Å². The second-order valence-corrected chi connectivity index (χ2v) is 7.31. The topological polar surface area (TPSA) is 0 Å². The fraction of sp³-hybridized carbons (Fsp3) is 0.280. The van der Waals surface area contributed by atoms with Crippen molar-refractivity contribution >= 4 is 0 Å². The lowest BCUT2D eigenvalue weighted by Gasteiger charge is -2.33. The van der Waals surface area contributed by atoms with Crippen molar-refractivity contribution in [1.29, 1.82) is 0 Å². The van der Waals surface area contributed by atoms with Gasteiger partial charge in [0.2, 0.25) is 0 Å². The molecule has 0 N–H and O–H groups in total. The predicted octanol–water partition coefficient (Wildman–Crippen LogP) is 7.06. The van der Waals surface area contributed by atoms with Gasteiger partial charge in [-0.15, -0.1) is 0 Å². The Morgan fingerprint density at radius 2 is 1.28 bits per heavy atom. The molecular formula is C25H26. The molecule has 0 spiro atoms. The molecule has 0 aromatic heterocycles. The van der Waals surface area contributed by atoms with E-state index in [2.05, 4.69) is 88.4 Å². The normalized spacial score (nSPS) is 14.2. The molecule has 3 aromatic rings. The largest absolute Gasteiger partial charge is 0.0642 e. The molecule has 0 nitrogen and oxygen atoms in total. The molecule has 1 aliphatic rings. The molecule has 0 heterocycles. The molecule has 0 radical (unpaired) electrons. The van der Waals surface area contributed by atoms with Gasteiger partial charge < -0.3 is 0 Å². The highest BCUT2D eigenvalue weighted by atomic mass is 14.5. The summed E-state index contributed by atoms with van der Waals surface area (Å²) in [5.74, 6) is 0. The average Bonchev–Trinajstić information content (AvgIpc) is 2.96. The first-order valence-corrected chi connectivity index (χ1v) is 9.44. The zero-order valence-corrected chi connectivity index (χ0v) is 15.7. The van der Waals surface area contributed by atoms with Crippen LogP contribution in [0.3, 0.4) is 0 Å². The summed E-state index contributed by atoms with van der Waals surface area (Å²) in [4.78, 5) is 0. The van der Waals surface area contributed by atoms with Crippen molar-refractivity contribution in [3.8, 4) is 22.3 Å². The van der Waals surface area contributed by atoms with Crippen molar-refractivity contribution in [2.75, 3.05) is 0 Å². The summed E-state index contributed by atoms with van der Waals surface area (Å²) in [7, 11) is 0. The molecule has 0 bridgehead atoms. The zero-order chi connectivity index (χ0) is 17.6. The monoisotopic (exact) mass is 326 g/mol. The maximum atomic E-state index is 2.35. The molecule has 0 unspecified atom stereocenters. The van der Waals surface area contributed by atoms with Gasteiger partial charge in [0.05, 0.1) is 0 Å². The smallest absolute Gasteiger partial charge is 0.0218 e. The van der Waals surface area contributed by atoms with Crippen LogP contribution in [0.5, 0.6) is 0 Å². The van der Waals surface area contributed by atoms with E-state index in [1.165, 1.54) is 38.9 Å². The number of fused-ring (bicyclic) bond motifs is 3. The van der Waals surface area contributed by atoms with E-state index in [1.54, 1.807) is 5.56 Å². The number of rotatable bonds is 3. The zero-order valence-electron chi connectivity index (χ0n) is 15.7. The van der Waals surface area contributed by atoms with Crippen molar-refractivity contribution < 1.29 is 0 Å². The highest BCUT2D eigenvalue weighted by Crippen LogP contribution is 2.56. The van der Waals surface area contributed by atoms with Gasteiger partial charge in [0.1, 0.15) is 0 Å². The molecule has 0 heteroatoms. The third kappa shape index (κ3) is 2.13. The second kappa shape index (κ2) is 5.88. The first-order chi connectivity index (χ1) is 12.1. The Morgan fingerprint density at radius 3 is 1.96 bits per heavy atom. The highest BCUT2D eigenvalue weighted by molar-refractivity contribution is 5.89. The van der Waals surface area contributed by atoms with Gasteiger partial charge in [0.15, 0.2) is 0 Å². The van der Waals surface area contributed by atoms with Gasteiger partial charge in [0.25, 0.3) is 0 Å². The molecular weight excluding hydrogens is 300 g/mol. The van der Waals surface area contributed by atoms with Gasteiger partial charge in [-0.05, 0) is 71.2 Å². The maximum Gasteiger partial charge on any atom is 0.0218 e. The summed E-state index contributed by atoms with van der Waals surface area (Å²) in [5.41, 5.74) is 11.7. The lowest BCUT2D eigenvalue weighted by molar-refractivity contribution is 0.489. The Balaban J connectivity index is 2.12. The lowest BCUT2D eigenvalue weighted by atomic mass is 9.70. The van der Waals surface area contributed by atoms with Gasteiger partial charge in [0, 0.05) is 5.41 Å². The molecule has 0 fully saturated rings. The molecule has 126 valence electrons. The Kier molecular flexibility index (Phi) is 3.80. The standard InChI is InChI=1S/C25H26/c1-5-25(6-2)23-18(4)17(3)15-16-22(23)21-14-10-13-20(24(21)25)19-11-8-7-9-12-19/h7-16H,5-6H2,1-4H3. The summed E-state index contributed by atoms with van der Waals surface area (Å²) in [6.45, 7) is 9.26. The molecule has 1 aliphatic carbocycles. The van der Waals surface area contributed by atoms with E-state index in [0.29, 0.717) is 0 Å². The van der Waals surface area contributed by atoms with Crippen LogP contribution in [-0.2, 0) is 5.41 Å². The first kappa shape index (κ1) is 16.1. The Hall–Kier alpha value is -2.34. The van der Waals surface area contributed by atoms with Crippen LogP contribution in [0.25, 0.3) is 22.3 Å². The molecule has 4 rings (SSSR count). The molecule has 0 atom stereocenters. The summed E-state index contributed by atoms with van der Waals surface area (Å²) in [5, 5.41) is 0. The summed E-state index contributed by atoms with van der Waals surface area (Å²) in [6.07, 6.45) is 2.27. The minimum atomic E-state index is 0.118. The number of benzene rings is 3. The van der Waals surface area contributed by atoms with Gasteiger partial charge in [-0.2, -0.15) is 0 Å². The SMILES string of the molecule is CCC1(CC)c2c(-c3ccccc3)cccc2-c2ccc(C)c(C)c21. The van der Waals surface area contributed by atoms with Crippen LogP contribution in [0.15, 0.2) is 60.7 Å². The minimum Gasteiger partial charge on any atom is -0.0642 e. The van der Waals surface area contributed by atoms with Gasteiger partial charge in [-0.1, -0.05) is 74.5 Å². The van der Waals surface area contributed by atoms with Crippen LogP contribution in [0.2, 0.25) is 0 Å². The summed E-state index contributed by atoms with van der Waals surface area (Å²) < 4.78 is 0. The van der Waals surface area contributed by atoms with E-state index in [9.17, 15) is 0 Å². The highest BCUT2D eigenvalue weighted by Gasteiger charge is 2.43. The molecule has 0 aliphatic heterocycles. The quantitative estimate of drug-likeness (QED) is 0.483. The van der Waals surface area contributed by atoms with Crippen molar-refractivity contribution in [3.05, 3.63) is 82.9 Å². The van der Waals surface area contributed by atoms with E-state index in [1.807, 2.05) is 0 Å². The Morgan fingerprint density at radius 1 is 0.640 bits per heavy atom. The Labute approximate surface area is 151 Å². The van der Waals surface area contributed by atoms with Gasteiger partial charge in [-0.3, -0.25) is 0 Å². The first-order valence-electron chi connectivity index (χ1n) is 9.44.